The number of amides is 1. The number of benzene rings is 2. The van der Waals surface area contributed by atoms with Gasteiger partial charge in [-0.25, -0.2) is 8.42 Å². The quantitative estimate of drug-likeness (QED) is 0.490. The number of thioether (sulfide) groups is 1. The number of aryl methyl sites for hydroxylation is 2. The second-order valence-corrected chi connectivity index (χ2v) is 10.7. The smallest absolute Gasteiger partial charge is 0.237 e. The van der Waals surface area contributed by atoms with Gasteiger partial charge in [0.2, 0.25) is 5.91 Å². The fourth-order valence-electron chi connectivity index (χ4n) is 3.85. The number of rotatable bonds is 7. The molecule has 0 atom stereocenters. The van der Waals surface area contributed by atoms with Crippen molar-refractivity contribution in [2.75, 3.05) is 17.2 Å². The van der Waals surface area contributed by atoms with Crippen LogP contribution in [0.1, 0.15) is 30.3 Å². The Labute approximate surface area is 192 Å². The number of carbonyl (C=O) groups excluding carboxylic acids is 1. The molecule has 2 aromatic carbocycles. The Morgan fingerprint density at radius 2 is 1.84 bits per heavy atom. The van der Waals surface area contributed by atoms with Crippen molar-refractivity contribution in [3.05, 3.63) is 65.5 Å². The third-order valence-electron chi connectivity index (χ3n) is 5.54. The van der Waals surface area contributed by atoms with E-state index < -0.39 is 9.84 Å². The predicted octanol–water partition coefficient (Wildman–Crippen LogP) is 3.65. The maximum atomic E-state index is 12.9. The van der Waals surface area contributed by atoms with Crippen LogP contribution in [0.25, 0.3) is 0 Å². The first-order chi connectivity index (χ1) is 15.4. The minimum atomic E-state index is -3.54. The second kappa shape index (κ2) is 9.46. The molecule has 32 heavy (non-hydrogen) atoms. The molecule has 0 saturated heterocycles. The van der Waals surface area contributed by atoms with E-state index in [1.165, 1.54) is 17.3 Å². The molecule has 1 amide bonds. The Morgan fingerprint density at radius 1 is 1.09 bits per heavy atom. The van der Waals surface area contributed by atoms with Crippen LogP contribution in [-0.2, 0) is 33.4 Å². The molecule has 3 aromatic rings. The molecule has 4 rings (SSSR count). The van der Waals surface area contributed by atoms with Crippen LogP contribution in [0, 0.1) is 6.92 Å². The third-order valence-corrected chi connectivity index (χ3v) is 8.13. The fourth-order valence-corrected chi connectivity index (χ4v) is 6.01. The van der Waals surface area contributed by atoms with Crippen LogP contribution in [-0.4, -0.2) is 41.4 Å². The Morgan fingerprint density at radius 3 is 2.59 bits per heavy atom. The minimum absolute atomic E-state index is 0.0154. The molecule has 0 unspecified atom stereocenters. The lowest BCUT2D eigenvalue weighted by atomic mass is 10.0. The predicted molar refractivity (Wildman–Crippen MR) is 126 cm³/mol. The first-order valence-corrected chi connectivity index (χ1v) is 13.3. The van der Waals surface area contributed by atoms with Gasteiger partial charge in [-0.3, -0.25) is 4.79 Å². The maximum absolute atomic E-state index is 12.9. The summed E-state index contributed by atoms with van der Waals surface area (Å²) in [5.41, 5.74) is 3.17. The number of hydrogen-bond donors (Lipinski definition) is 0. The fraction of sp³-hybridized carbons (Fsp3) is 0.348. The van der Waals surface area contributed by atoms with Gasteiger partial charge in [-0.05, 0) is 50.5 Å². The molecule has 2 heterocycles. The van der Waals surface area contributed by atoms with Gasteiger partial charge in [0.05, 0.1) is 10.6 Å². The van der Waals surface area contributed by atoms with Gasteiger partial charge in [-0.15, -0.1) is 10.2 Å². The summed E-state index contributed by atoms with van der Waals surface area (Å²) >= 11 is 1.30. The highest BCUT2D eigenvalue weighted by Gasteiger charge is 2.24. The number of aromatic nitrogens is 3. The third kappa shape index (κ3) is 4.73. The first kappa shape index (κ1) is 22.5. The topological polar surface area (TPSA) is 85.2 Å². The zero-order chi connectivity index (χ0) is 22.7. The molecule has 0 radical (unpaired) electrons. The molecular formula is C23H26N4O3S2. The lowest BCUT2D eigenvalue weighted by Gasteiger charge is -2.29. The van der Waals surface area contributed by atoms with Gasteiger partial charge < -0.3 is 9.47 Å². The van der Waals surface area contributed by atoms with Crippen LogP contribution in [0.3, 0.4) is 0 Å². The molecule has 1 aromatic heterocycles. The zero-order valence-electron chi connectivity index (χ0n) is 18.2. The summed E-state index contributed by atoms with van der Waals surface area (Å²) in [7, 11) is -3.54. The summed E-state index contributed by atoms with van der Waals surface area (Å²) in [6.45, 7) is 5.06. The number of para-hydroxylation sites is 1. The van der Waals surface area contributed by atoms with Crippen molar-refractivity contribution >= 4 is 33.2 Å². The zero-order valence-corrected chi connectivity index (χ0v) is 19.8. The summed E-state index contributed by atoms with van der Waals surface area (Å²) in [4.78, 5) is 15.0. The summed E-state index contributed by atoms with van der Waals surface area (Å²) in [6, 6.07) is 14.8. The average Bonchev–Trinajstić information content (AvgIpc) is 3.18. The van der Waals surface area contributed by atoms with Crippen LogP contribution in [0.5, 0.6) is 0 Å². The molecule has 1 aliphatic heterocycles. The first-order valence-electron chi connectivity index (χ1n) is 10.6. The number of fused-ring (bicyclic) bond motifs is 1. The monoisotopic (exact) mass is 470 g/mol. The Hall–Kier alpha value is -2.65. The molecule has 0 fully saturated rings. The van der Waals surface area contributed by atoms with E-state index in [1.807, 2.05) is 36.9 Å². The van der Waals surface area contributed by atoms with Gasteiger partial charge in [-0.1, -0.05) is 47.7 Å². The van der Waals surface area contributed by atoms with Gasteiger partial charge >= 0.3 is 0 Å². The van der Waals surface area contributed by atoms with Crippen LogP contribution in [0.2, 0.25) is 0 Å². The molecular weight excluding hydrogens is 444 g/mol. The molecule has 0 bridgehead atoms. The summed E-state index contributed by atoms with van der Waals surface area (Å²) in [5, 5.41) is 8.87. The van der Waals surface area contributed by atoms with Gasteiger partial charge in [0.25, 0.3) is 0 Å². The number of hydrogen-bond acceptors (Lipinski definition) is 6. The van der Waals surface area contributed by atoms with Crippen molar-refractivity contribution in [1.82, 2.24) is 14.8 Å². The number of anilines is 1. The Kier molecular flexibility index (Phi) is 6.66. The number of carbonyl (C=O) groups is 1. The SMILES string of the molecule is CCn1c(CS(=O)(=O)c2ccc(C)cc2)nnc1SCC(=O)N1CCCc2ccccc21. The van der Waals surface area contributed by atoms with Gasteiger partial charge in [0.15, 0.2) is 15.0 Å². The Bertz CT molecular complexity index is 1220. The number of sulfone groups is 1. The van der Waals surface area contributed by atoms with E-state index in [-0.39, 0.29) is 22.3 Å². The standard InChI is InChI=1S/C23H26N4O3S2/c1-3-26-21(16-32(29,30)19-12-10-17(2)11-13-19)24-25-23(26)31-15-22(28)27-14-6-8-18-7-4-5-9-20(18)27/h4-5,7,9-13H,3,6,8,14-16H2,1-2H3. The highest BCUT2D eigenvalue weighted by Crippen LogP contribution is 2.28. The van der Waals surface area contributed by atoms with Crippen LogP contribution < -0.4 is 4.90 Å². The van der Waals surface area contributed by atoms with Crippen molar-refractivity contribution in [3.8, 4) is 0 Å². The van der Waals surface area contributed by atoms with E-state index in [4.69, 9.17) is 0 Å². The van der Waals surface area contributed by atoms with Crippen molar-refractivity contribution in [2.24, 2.45) is 0 Å². The Balaban J connectivity index is 1.47. The van der Waals surface area contributed by atoms with E-state index in [9.17, 15) is 13.2 Å². The van der Waals surface area contributed by atoms with E-state index in [0.29, 0.717) is 24.1 Å². The maximum Gasteiger partial charge on any atom is 0.237 e. The van der Waals surface area contributed by atoms with Crippen LogP contribution in [0.15, 0.2) is 58.6 Å². The van der Waals surface area contributed by atoms with Gasteiger partial charge in [-0.2, -0.15) is 0 Å². The molecule has 1 aliphatic rings. The van der Waals surface area contributed by atoms with Crippen LogP contribution in [0.4, 0.5) is 5.69 Å². The van der Waals surface area contributed by atoms with E-state index >= 15 is 0 Å². The summed E-state index contributed by atoms with van der Waals surface area (Å²) < 4.78 is 27.4. The highest BCUT2D eigenvalue weighted by atomic mass is 32.2. The average molecular weight is 471 g/mol. The molecule has 0 saturated carbocycles. The lowest BCUT2D eigenvalue weighted by molar-refractivity contribution is -0.116. The van der Waals surface area contributed by atoms with Gasteiger partial charge in [0, 0.05) is 18.8 Å². The largest absolute Gasteiger partial charge is 0.311 e. The molecule has 7 nitrogen and oxygen atoms in total. The van der Waals surface area contributed by atoms with Crippen molar-refractivity contribution in [1.29, 1.82) is 0 Å². The number of nitrogens with zero attached hydrogens (tertiary/aromatic N) is 4. The molecule has 168 valence electrons. The highest BCUT2D eigenvalue weighted by molar-refractivity contribution is 7.99. The normalized spacial score (nSPS) is 13.8. The van der Waals surface area contributed by atoms with E-state index in [2.05, 4.69) is 16.3 Å². The second-order valence-electron chi connectivity index (χ2n) is 7.78. The molecule has 0 aliphatic carbocycles. The van der Waals surface area contributed by atoms with Crippen molar-refractivity contribution < 1.29 is 13.2 Å². The van der Waals surface area contributed by atoms with E-state index in [1.54, 1.807) is 28.8 Å². The molecule has 0 spiro atoms. The lowest BCUT2D eigenvalue weighted by Crippen LogP contribution is -2.36. The van der Waals surface area contributed by atoms with Crippen LogP contribution >= 0.6 is 11.8 Å². The van der Waals surface area contributed by atoms with Gasteiger partial charge in [0.1, 0.15) is 11.6 Å². The van der Waals surface area contributed by atoms with Crippen molar-refractivity contribution in [3.63, 3.8) is 0 Å². The summed E-state index contributed by atoms with van der Waals surface area (Å²) in [6.07, 6.45) is 1.93. The summed E-state index contributed by atoms with van der Waals surface area (Å²) in [5.74, 6) is 0.384. The molecule has 9 heteroatoms. The van der Waals surface area contributed by atoms with Crippen molar-refractivity contribution in [2.45, 2.75) is 49.0 Å². The van der Waals surface area contributed by atoms with E-state index in [0.717, 1.165) is 24.1 Å². The minimum Gasteiger partial charge on any atom is -0.311 e. The molecule has 0 N–H and O–H groups in total.